The van der Waals surface area contributed by atoms with E-state index in [1.165, 1.54) is 6.42 Å². The first kappa shape index (κ1) is 10.1. The first-order chi connectivity index (χ1) is 5.37. The highest BCUT2D eigenvalue weighted by Crippen LogP contribution is 2.56. The summed E-state index contributed by atoms with van der Waals surface area (Å²) in [6.45, 7) is 14.3. The van der Waals surface area contributed by atoms with Gasteiger partial charge in [-0.2, -0.15) is 0 Å². The molecule has 0 heteroatoms. The third-order valence-corrected chi connectivity index (χ3v) is 4.14. The van der Waals surface area contributed by atoms with Crippen LogP contribution in [0.5, 0.6) is 0 Å². The Morgan fingerprint density at radius 1 is 1.08 bits per heavy atom. The molecule has 12 heavy (non-hydrogen) atoms. The van der Waals surface area contributed by atoms with Crippen LogP contribution in [0.1, 0.15) is 48.0 Å². The van der Waals surface area contributed by atoms with Crippen molar-refractivity contribution in [3.05, 3.63) is 0 Å². The molecule has 1 rings (SSSR count). The van der Waals surface area contributed by atoms with E-state index in [4.69, 9.17) is 0 Å². The van der Waals surface area contributed by atoms with E-state index in [9.17, 15) is 0 Å². The molecule has 0 bridgehead atoms. The quantitative estimate of drug-likeness (QED) is 0.598. The summed E-state index contributed by atoms with van der Waals surface area (Å²) in [5.41, 5.74) is 0.564. The summed E-state index contributed by atoms with van der Waals surface area (Å²) >= 11 is 0. The largest absolute Gasteiger partial charge is 0.0625 e. The normalized spacial score (nSPS) is 30.0. The molecule has 0 aromatic heterocycles. The summed E-state index contributed by atoms with van der Waals surface area (Å²) in [5.74, 6) is 3.74. The maximum absolute atomic E-state index is 2.44. The van der Waals surface area contributed by atoms with E-state index in [1.807, 2.05) is 0 Å². The molecule has 1 fully saturated rings. The second kappa shape index (κ2) is 3.05. The fourth-order valence-electron chi connectivity index (χ4n) is 2.24. The van der Waals surface area contributed by atoms with E-state index in [0.29, 0.717) is 5.41 Å². The molecule has 0 nitrogen and oxygen atoms in total. The van der Waals surface area contributed by atoms with Crippen LogP contribution in [0.3, 0.4) is 0 Å². The lowest BCUT2D eigenvalue weighted by Gasteiger charge is -2.30. The average molecular weight is 168 g/mol. The van der Waals surface area contributed by atoms with Crippen LogP contribution in [0.2, 0.25) is 0 Å². The topological polar surface area (TPSA) is 0 Å². The Labute approximate surface area is 77.7 Å². The van der Waals surface area contributed by atoms with E-state index in [-0.39, 0.29) is 0 Å². The van der Waals surface area contributed by atoms with Crippen LogP contribution in [-0.2, 0) is 0 Å². The minimum absolute atomic E-state index is 0.564. The van der Waals surface area contributed by atoms with Gasteiger partial charge in [0.05, 0.1) is 0 Å². The number of rotatable bonds is 3. The standard InChI is InChI=1S/C12H24/c1-8(2)10-7-11(10)12(5,6)9(3)4/h8-11H,7H2,1-6H3. The molecule has 2 atom stereocenters. The van der Waals surface area contributed by atoms with Gasteiger partial charge in [-0.1, -0.05) is 41.5 Å². The molecule has 1 saturated carbocycles. The molecule has 2 unspecified atom stereocenters. The van der Waals surface area contributed by atoms with Crippen molar-refractivity contribution in [2.24, 2.45) is 29.1 Å². The zero-order valence-corrected chi connectivity index (χ0v) is 9.52. The highest BCUT2D eigenvalue weighted by atomic mass is 14.5. The third kappa shape index (κ3) is 1.67. The maximum Gasteiger partial charge on any atom is -0.0300 e. The summed E-state index contributed by atoms with van der Waals surface area (Å²) < 4.78 is 0. The Balaban J connectivity index is 2.52. The van der Waals surface area contributed by atoms with Crippen molar-refractivity contribution < 1.29 is 0 Å². The summed E-state index contributed by atoms with van der Waals surface area (Å²) in [7, 11) is 0. The summed E-state index contributed by atoms with van der Waals surface area (Å²) in [5, 5.41) is 0. The van der Waals surface area contributed by atoms with E-state index in [2.05, 4.69) is 41.5 Å². The van der Waals surface area contributed by atoms with Gasteiger partial charge in [-0.25, -0.2) is 0 Å². The van der Waals surface area contributed by atoms with Crippen LogP contribution < -0.4 is 0 Å². The molecular formula is C12H24. The van der Waals surface area contributed by atoms with Gasteiger partial charge < -0.3 is 0 Å². The fraction of sp³-hybridized carbons (Fsp3) is 1.00. The molecule has 1 aliphatic carbocycles. The molecule has 0 saturated heterocycles. The van der Waals surface area contributed by atoms with Gasteiger partial charge in [0.1, 0.15) is 0 Å². The van der Waals surface area contributed by atoms with Crippen LogP contribution >= 0.6 is 0 Å². The summed E-state index contributed by atoms with van der Waals surface area (Å²) in [6.07, 6.45) is 1.48. The Morgan fingerprint density at radius 3 is 1.83 bits per heavy atom. The van der Waals surface area contributed by atoms with Crippen LogP contribution in [0.25, 0.3) is 0 Å². The van der Waals surface area contributed by atoms with Gasteiger partial charge in [0.15, 0.2) is 0 Å². The molecule has 0 spiro atoms. The van der Waals surface area contributed by atoms with Crippen LogP contribution in [0, 0.1) is 29.1 Å². The minimum Gasteiger partial charge on any atom is -0.0625 e. The highest BCUT2D eigenvalue weighted by Gasteiger charge is 2.49. The van der Waals surface area contributed by atoms with Gasteiger partial charge in [-0.05, 0) is 35.5 Å². The van der Waals surface area contributed by atoms with Gasteiger partial charge in [0.2, 0.25) is 0 Å². The molecule has 72 valence electrons. The van der Waals surface area contributed by atoms with Gasteiger partial charge in [-0.15, -0.1) is 0 Å². The number of hydrogen-bond donors (Lipinski definition) is 0. The molecule has 0 aromatic rings. The smallest absolute Gasteiger partial charge is 0.0300 e. The molecule has 0 heterocycles. The molecule has 0 N–H and O–H groups in total. The summed E-state index contributed by atoms with van der Waals surface area (Å²) in [4.78, 5) is 0. The molecule has 0 amide bonds. The SMILES string of the molecule is CC(C)C1CC1C(C)(C)C(C)C. The van der Waals surface area contributed by atoms with E-state index in [1.54, 1.807) is 0 Å². The van der Waals surface area contributed by atoms with Crippen molar-refractivity contribution >= 4 is 0 Å². The van der Waals surface area contributed by atoms with Crippen molar-refractivity contribution in [2.75, 3.05) is 0 Å². The van der Waals surface area contributed by atoms with Gasteiger partial charge in [0.25, 0.3) is 0 Å². The average Bonchev–Trinajstić information content (AvgIpc) is 2.63. The predicted octanol–water partition coefficient (Wildman–Crippen LogP) is 3.96. The second-order valence-electron chi connectivity index (χ2n) is 5.73. The lowest BCUT2D eigenvalue weighted by Crippen LogP contribution is -2.23. The van der Waals surface area contributed by atoms with Crippen LogP contribution in [0.15, 0.2) is 0 Å². The maximum atomic E-state index is 2.44. The zero-order chi connectivity index (χ0) is 9.52. The first-order valence-corrected chi connectivity index (χ1v) is 5.37. The third-order valence-electron chi connectivity index (χ3n) is 4.14. The van der Waals surface area contributed by atoms with E-state index in [0.717, 1.165) is 23.7 Å². The van der Waals surface area contributed by atoms with Crippen molar-refractivity contribution in [1.29, 1.82) is 0 Å². The fourth-order valence-corrected chi connectivity index (χ4v) is 2.24. The zero-order valence-electron chi connectivity index (χ0n) is 9.52. The van der Waals surface area contributed by atoms with Gasteiger partial charge >= 0.3 is 0 Å². The Morgan fingerprint density at radius 2 is 1.58 bits per heavy atom. The summed E-state index contributed by atoms with van der Waals surface area (Å²) in [6, 6.07) is 0. The number of hydrogen-bond acceptors (Lipinski definition) is 0. The monoisotopic (exact) mass is 168 g/mol. The van der Waals surface area contributed by atoms with E-state index >= 15 is 0 Å². The predicted molar refractivity (Wildman–Crippen MR) is 55.1 cm³/mol. The van der Waals surface area contributed by atoms with Crippen molar-refractivity contribution in [1.82, 2.24) is 0 Å². The molecular weight excluding hydrogens is 144 g/mol. The Bertz CT molecular complexity index is 153. The first-order valence-electron chi connectivity index (χ1n) is 5.37. The molecule has 0 aromatic carbocycles. The Hall–Kier alpha value is 0. The van der Waals surface area contributed by atoms with Gasteiger partial charge in [0, 0.05) is 0 Å². The molecule has 0 aliphatic heterocycles. The lowest BCUT2D eigenvalue weighted by atomic mass is 9.75. The van der Waals surface area contributed by atoms with Crippen molar-refractivity contribution in [3.8, 4) is 0 Å². The van der Waals surface area contributed by atoms with Crippen molar-refractivity contribution in [2.45, 2.75) is 48.0 Å². The van der Waals surface area contributed by atoms with Crippen LogP contribution in [0.4, 0.5) is 0 Å². The minimum atomic E-state index is 0.564. The van der Waals surface area contributed by atoms with E-state index < -0.39 is 0 Å². The van der Waals surface area contributed by atoms with Crippen LogP contribution in [-0.4, -0.2) is 0 Å². The second-order valence-corrected chi connectivity index (χ2v) is 5.73. The lowest BCUT2D eigenvalue weighted by molar-refractivity contribution is 0.188. The van der Waals surface area contributed by atoms with Crippen molar-refractivity contribution in [3.63, 3.8) is 0 Å². The Kier molecular flexibility index (Phi) is 2.56. The highest BCUT2D eigenvalue weighted by molar-refractivity contribution is 4.98. The molecule has 1 aliphatic rings. The molecule has 0 radical (unpaired) electrons. The van der Waals surface area contributed by atoms with Gasteiger partial charge in [-0.3, -0.25) is 0 Å².